The van der Waals surface area contributed by atoms with Crippen LogP contribution < -0.4 is 0 Å². The van der Waals surface area contributed by atoms with E-state index < -0.39 is 0 Å². The van der Waals surface area contributed by atoms with Gasteiger partial charge in [-0.1, -0.05) is 15.9 Å². The van der Waals surface area contributed by atoms with E-state index in [1.165, 1.54) is 6.92 Å². The Hall–Kier alpha value is -0.380. The third kappa shape index (κ3) is 9.53. The minimum atomic E-state index is -0.317. The highest BCUT2D eigenvalue weighted by Gasteiger charge is 2.15. The van der Waals surface area contributed by atoms with Gasteiger partial charge in [-0.2, -0.15) is 0 Å². The van der Waals surface area contributed by atoms with Crippen molar-refractivity contribution in [1.29, 1.82) is 0 Å². The van der Waals surface area contributed by atoms with Crippen molar-refractivity contribution in [2.24, 2.45) is 0 Å². The molecular formula is C9H15BrO3. The molecule has 0 bridgehead atoms. The largest absolute Gasteiger partial charge is 0.464 e. The lowest BCUT2D eigenvalue weighted by Gasteiger charge is -2.15. The molecule has 4 heteroatoms. The van der Waals surface area contributed by atoms with Crippen molar-refractivity contribution >= 4 is 27.7 Å². The fraction of sp³-hybridized carbons (Fsp3) is 0.778. The summed E-state index contributed by atoms with van der Waals surface area (Å²) < 4.78 is 4.72. The van der Waals surface area contributed by atoms with Crippen molar-refractivity contribution in [2.45, 2.75) is 37.9 Å². The van der Waals surface area contributed by atoms with Crippen LogP contribution in [0.2, 0.25) is 0 Å². The molecule has 0 fully saturated rings. The Morgan fingerprint density at radius 2 is 1.85 bits per heavy atom. The molecule has 0 aliphatic heterocycles. The quantitative estimate of drug-likeness (QED) is 0.555. The first kappa shape index (κ1) is 12.6. The summed E-state index contributed by atoms with van der Waals surface area (Å²) >= 11 is 3.34. The molecule has 0 amide bonds. The van der Waals surface area contributed by atoms with Gasteiger partial charge in [-0.25, -0.2) is 0 Å². The number of ketones is 1. The Balaban J connectivity index is 3.58. The van der Waals surface area contributed by atoms with Crippen LogP contribution in [-0.2, 0) is 14.3 Å². The van der Waals surface area contributed by atoms with Gasteiger partial charge in [0.2, 0.25) is 0 Å². The average molecular weight is 251 g/mol. The molecule has 0 unspecified atom stereocenters. The smallest absolute Gasteiger partial charge is 0.306 e. The minimum absolute atomic E-state index is 0.00931. The predicted octanol–water partition coefficient (Wildman–Crippen LogP) is 2.07. The summed E-state index contributed by atoms with van der Waals surface area (Å²) in [6, 6.07) is 0. The van der Waals surface area contributed by atoms with Gasteiger partial charge in [0.15, 0.2) is 0 Å². The first-order valence-corrected chi connectivity index (χ1v) is 4.94. The topological polar surface area (TPSA) is 43.4 Å². The van der Waals surface area contributed by atoms with Crippen LogP contribution in [0.1, 0.15) is 33.6 Å². The van der Waals surface area contributed by atoms with Crippen molar-refractivity contribution < 1.29 is 14.3 Å². The summed E-state index contributed by atoms with van der Waals surface area (Å²) in [6.45, 7) is 5.60. The second-order valence-corrected chi connectivity index (χ2v) is 5.73. The number of Topliss-reactive ketones (excluding diaryl/α,β-unsaturated/α-hetero) is 1. The fourth-order valence-corrected chi connectivity index (χ4v) is 0.717. The van der Waals surface area contributed by atoms with Gasteiger partial charge in [-0.3, -0.25) is 4.79 Å². The van der Waals surface area contributed by atoms with E-state index in [9.17, 15) is 9.59 Å². The molecule has 0 heterocycles. The molecule has 0 radical (unpaired) electrons. The normalized spacial score (nSPS) is 11.1. The summed E-state index contributed by atoms with van der Waals surface area (Å²) in [5.41, 5.74) is 0. The molecule has 3 nitrogen and oxygen atoms in total. The molecule has 0 aliphatic rings. The van der Waals surface area contributed by atoms with Gasteiger partial charge in [0.05, 0.1) is 10.7 Å². The second kappa shape index (κ2) is 5.37. The highest BCUT2D eigenvalue weighted by atomic mass is 79.9. The van der Waals surface area contributed by atoms with Crippen LogP contribution in [0, 0.1) is 0 Å². The van der Waals surface area contributed by atoms with Gasteiger partial charge in [0, 0.05) is 6.42 Å². The van der Waals surface area contributed by atoms with Crippen molar-refractivity contribution in [3.8, 4) is 0 Å². The van der Waals surface area contributed by atoms with E-state index >= 15 is 0 Å². The summed E-state index contributed by atoms with van der Waals surface area (Å²) in [7, 11) is 0. The highest BCUT2D eigenvalue weighted by molar-refractivity contribution is 9.10. The number of esters is 1. The number of carbonyl (C=O) groups is 2. The van der Waals surface area contributed by atoms with E-state index in [0.29, 0.717) is 6.61 Å². The van der Waals surface area contributed by atoms with Crippen LogP contribution in [-0.4, -0.2) is 22.7 Å². The molecule has 0 N–H and O–H groups in total. The zero-order chi connectivity index (χ0) is 10.5. The molecule has 0 atom stereocenters. The maximum absolute atomic E-state index is 11.0. The maximum Gasteiger partial charge on any atom is 0.306 e. The van der Waals surface area contributed by atoms with E-state index in [4.69, 9.17) is 4.74 Å². The van der Waals surface area contributed by atoms with Crippen molar-refractivity contribution in [3.63, 3.8) is 0 Å². The Kier molecular flexibility index (Phi) is 5.21. The van der Waals surface area contributed by atoms with E-state index in [0.717, 1.165) is 0 Å². The Morgan fingerprint density at radius 3 is 2.23 bits per heavy atom. The minimum Gasteiger partial charge on any atom is -0.464 e. The Labute approximate surface area is 87.0 Å². The molecule has 0 aromatic rings. The van der Waals surface area contributed by atoms with E-state index in [1.54, 1.807) is 0 Å². The first-order chi connectivity index (χ1) is 5.81. The summed E-state index contributed by atoms with van der Waals surface area (Å²) in [5.74, 6) is -0.308. The number of hydrogen-bond acceptors (Lipinski definition) is 3. The lowest BCUT2D eigenvalue weighted by Crippen LogP contribution is -2.21. The van der Waals surface area contributed by atoms with Gasteiger partial charge in [-0.05, 0) is 20.8 Å². The summed E-state index contributed by atoms with van der Waals surface area (Å²) in [6.07, 6.45) is 0.444. The number of halogens is 1. The van der Waals surface area contributed by atoms with E-state index in [2.05, 4.69) is 15.9 Å². The molecule has 0 saturated heterocycles. The van der Waals surface area contributed by atoms with Gasteiger partial charge >= 0.3 is 5.97 Å². The summed E-state index contributed by atoms with van der Waals surface area (Å²) in [4.78, 5) is 21.5. The highest BCUT2D eigenvalue weighted by Crippen LogP contribution is 2.15. The van der Waals surface area contributed by atoms with Crippen LogP contribution in [0.4, 0.5) is 0 Å². The van der Waals surface area contributed by atoms with E-state index in [-0.39, 0.29) is 28.9 Å². The van der Waals surface area contributed by atoms with Crippen LogP contribution in [0.3, 0.4) is 0 Å². The molecule has 0 saturated carbocycles. The monoisotopic (exact) mass is 250 g/mol. The van der Waals surface area contributed by atoms with E-state index in [1.807, 2.05) is 13.8 Å². The average Bonchev–Trinajstić information content (AvgIpc) is 1.95. The Bertz CT molecular complexity index is 194. The fourth-order valence-electron chi connectivity index (χ4n) is 0.602. The van der Waals surface area contributed by atoms with Gasteiger partial charge in [0.25, 0.3) is 0 Å². The maximum atomic E-state index is 11.0. The number of rotatable bonds is 5. The van der Waals surface area contributed by atoms with Crippen molar-refractivity contribution in [2.75, 3.05) is 6.61 Å². The number of ether oxygens (including phenoxy) is 1. The zero-order valence-corrected chi connectivity index (χ0v) is 9.81. The molecular weight excluding hydrogens is 236 g/mol. The van der Waals surface area contributed by atoms with Crippen LogP contribution in [0.5, 0.6) is 0 Å². The standard InChI is InChI=1S/C9H15BrO3/c1-7(11)4-5-8(12)13-6-9(2,3)10/h4-6H2,1-3H3. The first-order valence-electron chi connectivity index (χ1n) is 4.15. The number of alkyl halides is 1. The van der Waals surface area contributed by atoms with Crippen LogP contribution >= 0.6 is 15.9 Å². The molecule has 13 heavy (non-hydrogen) atoms. The van der Waals surface area contributed by atoms with Crippen molar-refractivity contribution in [3.05, 3.63) is 0 Å². The van der Waals surface area contributed by atoms with Gasteiger partial charge in [0.1, 0.15) is 12.4 Å². The lowest BCUT2D eigenvalue weighted by molar-refractivity contribution is -0.145. The molecule has 0 aliphatic carbocycles. The molecule has 0 aromatic heterocycles. The second-order valence-electron chi connectivity index (χ2n) is 3.58. The third-order valence-electron chi connectivity index (χ3n) is 1.26. The summed E-state index contributed by atoms with van der Waals surface area (Å²) in [5, 5.41) is 0. The SMILES string of the molecule is CC(=O)CCC(=O)OCC(C)(C)Br. The van der Waals surface area contributed by atoms with Crippen LogP contribution in [0.25, 0.3) is 0 Å². The van der Waals surface area contributed by atoms with Crippen molar-refractivity contribution in [1.82, 2.24) is 0 Å². The predicted molar refractivity (Wildman–Crippen MR) is 53.9 cm³/mol. The Morgan fingerprint density at radius 1 is 1.31 bits per heavy atom. The molecule has 0 aromatic carbocycles. The lowest BCUT2D eigenvalue weighted by atomic mass is 10.2. The number of carbonyl (C=O) groups excluding carboxylic acids is 2. The third-order valence-corrected chi connectivity index (χ3v) is 1.49. The van der Waals surface area contributed by atoms with Gasteiger partial charge in [-0.15, -0.1) is 0 Å². The van der Waals surface area contributed by atoms with Gasteiger partial charge < -0.3 is 9.53 Å². The molecule has 0 rings (SSSR count). The number of hydrogen-bond donors (Lipinski definition) is 0. The molecule has 0 spiro atoms. The molecule has 76 valence electrons. The van der Waals surface area contributed by atoms with Crippen LogP contribution in [0.15, 0.2) is 0 Å². The zero-order valence-electron chi connectivity index (χ0n) is 8.22.